The molecule has 0 amide bonds. The van der Waals surface area contributed by atoms with E-state index in [4.69, 9.17) is 9.47 Å². The van der Waals surface area contributed by atoms with Gasteiger partial charge in [-0.3, -0.25) is 4.79 Å². The summed E-state index contributed by atoms with van der Waals surface area (Å²) in [5.41, 5.74) is 1.31. The molecule has 1 saturated heterocycles. The van der Waals surface area contributed by atoms with Gasteiger partial charge >= 0.3 is 5.97 Å². The zero-order valence-corrected chi connectivity index (χ0v) is 13.2. The van der Waals surface area contributed by atoms with Crippen LogP contribution in [-0.2, 0) is 14.3 Å². The first kappa shape index (κ1) is 15.3. The minimum atomic E-state index is -0.211. The molecule has 2 rings (SSSR count). The van der Waals surface area contributed by atoms with Crippen LogP contribution in [0.15, 0.2) is 23.8 Å². The molecule has 1 aliphatic carbocycles. The summed E-state index contributed by atoms with van der Waals surface area (Å²) >= 11 is 0. The summed E-state index contributed by atoms with van der Waals surface area (Å²) in [5, 5.41) is 0. The number of rotatable bonds is 3. The van der Waals surface area contributed by atoms with Gasteiger partial charge in [-0.05, 0) is 25.7 Å². The first-order valence-corrected chi connectivity index (χ1v) is 7.48. The van der Waals surface area contributed by atoms with Gasteiger partial charge in [0.25, 0.3) is 0 Å². The van der Waals surface area contributed by atoms with Gasteiger partial charge in [0.1, 0.15) is 0 Å². The highest BCUT2D eigenvalue weighted by molar-refractivity contribution is 5.65. The lowest BCUT2D eigenvalue weighted by molar-refractivity contribution is -0.171. The summed E-state index contributed by atoms with van der Waals surface area (Å²) in [6, 6.07) is 0. The van der Waals surface area contributed by atoms with Crippen LogP contribution >= 0.6 is 0 Å². The summed E-state index contributed by atoms with van der Waals surface area (Å²) in [6.45, 7) is 11.3. The molecule has 3 nitrogen and oxygen atoms in total. The summed E-state index contributed by atoms with van der Waals surface area (Å²) in [7, 11) is 0. The van der Waals surface area contributed by atoms with Crippen molar-refractivity contribution in [1.82, 2.24) is 0 Å². The highest BCUT2D eigenvalue weighted by atomic mass is 16.5. The summed E-state index contributed by atoms with van der Waals surface area (Å²) < 4.78 is 11.5. The lowest BCUT2D eigenvalue weighted by Gasteiger charge is -2.54. The van der Waals surface area contributed by atoms with E-state index >= 15 is 0 Å². The summed E-state index contributed by atoms with van der Waals surface area (Å²) in [6.07, 6.45) is 6.68. The van der Waals surface area contributed by atoms with Gasteiger partial charge in [-0.2, -0.15) is 0 Å². The minimum absolute atomic E-state index is 0.0894. The van der Waals surface area contributed by atoms with E-state index in [0.717, 1.165) is 0 Å². The molecule has 1 heterocycles. The van der Waals surface area contributed by atoms with E-state index in [0.29, 0.717) is 31.0 Å². The fourth-order valence-electron chi connectivity index (χ4n) is 3.91. The van der Waals surface area contributed by atoms with Crippen molar-refractivity contribution in [1.29, 1.82) is 0 Å². The minimum Gasteiger partial charge on any atom is -0.465 e. The number of esters is 1. The number of ether oxygens (including phenoxy) is 2. The van der Waals surface area contributed by atoms with Gasteiger partial charge in [0, 0.05) is 18.3 Å². The number of carbonyl (C=O) groups is 1. The predicted octanol–water partition coefficient (Wildman–Crippen LogP) is 3.36. The van der Waals surface area contributed by atoms with Crippen LogP contribution in [0.1, 0.15) is 34.6 Å². The predicted molar refractivity (Wildman–Crippen MR) is 79.2 cm³/mol. The maximum atomic E-state index is 11.2. The summed E-state index contributed by atoms with van der Waals surface area (Å²) in [5.74, 6) is 0.973. The Kier molecular flexibility index (Phi) is 4.38. The van der Waals surface area contributed by atoms with Gasteiger partial charge in [-0.25, -0.2) is 0 Å². The Morgan fingerprint density at radius 3 is 2.85 bits per heavy atom. The Hall–Kier alpha value is -1.09. The van der Waals surface area contributed by atoms with E-state index in [2.05, 4.69) is 39.0 Å². The molecule has 0 aromatic rings. The zero-order chi connectivity index (χ0) is 14.9. The third-order valence-corrected chi connectivity index (χ3v) is 5.22. The molecule has 2 aliphatic rings. The number of hydrogen-bond acceptors (Lipinski definition) is 3. The third-order valence-electron chi connectivity index (χ3n) is 5.22. The smallest absolute Gasteiger partial charge is 0.302 e. The van der Waals surface area contributed by atoms with Crippen LogP contribution in [0.4, 0.5) is 0 Å². The normalized spacial score (nSPS) is 40.5. The van der Waals surface area contributed by atoms with Crippen molar-refractivity contribution in [3.63, 3.8) is 0 Å². The van der Waals surface area contributed by atoms with Crippen molar-refractivity contribution in [3.05, 3.63) is 23.8 Å². The van der Waals surface area contributed by atoms with Crippen LogP contribution < -0.4 is 0 Å². The van der Waals surface area contributed by atoms with Crippen molar-refractivity contribution in [2.24, 2.45) is 23.2 Å². The lowest BCUT2D eigenvalue weighted by atomic mass is 9.56. The molecule has 2 bridgehead atoms. The van der Waals surface area contributed by atoms with Gasteiger partial charge in [0.15, 0.2) is 0 Å². The van der Waals surface area contributed by atoms with Gasteiger partial charge in [0.05, 0.1) is 19.3 Å². The van der Waals surface area contributed by atoms with Crippen molar-refractivity contribution >= 4 is 5.97 Å². The molecule has 0 radical (unpaired) electrons. The molecule has 3 heteroatoms. The molecular weight excluding hydrogens is 252 g/mol. The van der Waals surface area contributed by atoms with Gasteiger partial charge in [-0.1, -0.05) is 37.6 Å². The topological polar surface area (TPSA) is 35.5 Å². The standard InChI is InChI=1S/C17H26O3/c1-6-7-15-16-11(2)8-12(3)17(10-20-15,13(16)4)9-19-14(5)18/h6-8,12-13,15-16H,9-10H2,1-5H3. The lowest BCUT2D eigenvalue weighted by Crippen LogP contribution is -2.56. The van der Waals surface area contributed by atoms with Crippen molar-refractivity contribution in [2.75, 3.05) is 13.2 Å². The molecule has 0 aromatic heterocycles. The van der Waals surface area contributed by atoms with Crippen LogP contribution in [0.3, 0.4) is 0 Å². The average molecular weight is 278 g/mol. The fourth-order valence-corrected chi connectivity index (χ4v) is 3.91. The van der Waals surface area contributed by atoms with Crippen molar-refractivity contribution in [3.8, 4) is 0 Å². The largest absolute Gasteiger partial charge is 0.465 e. The van der Waals surface area contributed by atoms with Crippen LogP contribution in [0, 0.1) is 23.2 Å². The van der Waals surface area contributed by atoms with Gasteiger partial charge < -0.3 is 9.47 Å². The van der Waals surface area contributed by atoms with Crippen molar-refractivity contribution in [2.45, 2.75) is 40.7 Å². The molecular formula is C17H26O3. The maximum Gasteiger partial charge on any atom is 0.302 e. The molecule has 20 heavy (non-hydrogen) atoms. The van der Waals surface area contributed by atoms with E-state index in [9.17, 15) is 4.79 Å². The molecule has 1 fully saturated rings. The van der Waals surface area contributed by atoms with E-state index in [1.165, 1.54) is 12.5 Å². The molecule has 0 aromatic carbocycles. The molecule has 0 spiro atoms. The number of hydrogen-bond donors (Lipinski definition) is 0. The second-order valence-corrected chi connectivity index (χ2v) is 6.33. The highest BCUT2D eigenvalue weighted by Crippen LogP contribution is 2.52. The molecule has 1 aliphatic heterocycles. The number of carbonyl (C=O) groups excluding carboxylic acids is 1. The maximum absolute atomic E-state index is 11.2. The Labute approximate surface area is 122 Å². The quantitative estimate of drug-likeness (QED) is 0.586. The molecule has 0 saturated carbocycles. The van der Waals surface area contributed by atoms with Gasteiger partial charge in [-0.15, -0.1) is 0 Å². The Balaban J connectivity index is 2.32. The monoisotopic (exact) mass is 278 g/mol. The Morgan fingerprint density at radius 2 is 2.25 bits per heavy atom. The van der Waals surface area contributed by atoms with Crippen LogP contribution in [0.25, 0.3) is 0 Å². The highest BCUT2D eigenvalue weighted by Gasteiger charge is 2.53. The van der Waals surface area contributed by atoms with Crippen LogP contribution in [0.2, 0.25) is 0 Å². The number of fused-ring (bicyclic) bond motifs is 2. The number of allylic oxidation sites excluding steroid dienone is 2. The molecule has 112 valence electrons. The first-order chi connectivity index (χ1) is 9.42. The van der Waals surface area contributed by atoms with E-state index in [1.54, 1.807) is 0 Å². The molecule has 0 N–H and O–H groups in total. The van der Waals surface area contributed by atoms with E-state index in [1.807, 2.05) is 6.92 Å². The SMILES string of the molecule is CC=CC1OCC2(COC(C)=O)C(C)C=C(C)C1C2C. The van der Waals surface area contributed by atoms with Crippen LogP contribution in [-0.4, -0.2) is 25.3 Å². The third kappa shape index (κ3) is 2.44. The second kappa shape index (κ2) is 5.72. The summed E-state index contributed by atoms with van der Waals surface area (Å²) in [4.78, 5) is 11.2. The Morgan fingerprint density at radius 1 is 1.55 bits per heavy atom. The molecule has 5 unspecified atom stereocenters. The van der Waals surface area contributed by atoms with E-state index in [-0.39, 0.29) is 17.5 Å². The van der Waals surface area contributed by atoms with Crippen molar-refractivity contribution < 1.29 is 14.3 Å². The zero-order valence-electron chi connectivity index (χ0n) is 13.2. The average Bonchev–Trinajstić information content (AvgIpc) is 2.36. The van der Waals surface area contributed by atoms with Gasteiger partial charge in [0.2, 0.25) is 0 Å². The van der Waals surface area contributed by atoms with E-state index < -0.39 is 0 Å². The first-order valence-electron chi connectivity index (χ1n) is 7.48. The second-order valence-electron chi connectivity index (χ2n) is 6.33. The Bertz CT molecular complexity index is 438. The van der Waals surface area contributed by atoms with Crippen LogP contribution in [0.5, 0.6) is 0 Å². The molecule has 5 atom stereocenters. The fraction of sp³-hybridized carbons (Fsp3) is 0.706.